The van der Waals surface area contributed by atoms with Crippen LogP contribution in [0, 0.1) is 22.7 Å². The number of hydrogen-bond donors (Lipinski definition) is 1. The molecule has 2 rings (SSSR count). The van der Waals surface area contributed by atoms with Gasteiger partial charge in [0.2, 0.25) is 0 Å². The third-order valence-corrected chi connectivity index (χ3v) is 6.08. The summed E-state index contributed by atoms with van der Waals surface area (Å²) in [6, 6.07) is 0. The molecule has 2 saturated carbocycles. The number of ether oxygens (including phenoxy) is 1. The quantitative estimate of drug-likeness (QED) is 0.476. The molecule has 0 radical (unpaired) electrons. The van der Waals surface area contributed by atoms with Crippen molar-refractivity contribution in [2.75, 3.05) is 6.61 Å². The highest BCUT2D eigenvalue weighted by atomic mass is 16.5. The predicted octanol–water partition coefficient (Wildman–Crippen LogP) is 5.95. The highest BCUT2D eigenvalue weighted by Gasteiger charge is 2.41. The average molecular weight is 293 g/mol. The van der Waals surface area contributed by atoms with E-state index in [1.807, 2.05) is 6.92 Å². The van der Waals surface area contributed by atoms with Crippen molar-refractivity contribution in [2.45, 2.75) is 90.9 Å². The van der Waals surface area contributed by atoms with Crippen LogP contribution in [0.5, 0.6) is 0 Å². The molecule has 2 aliphatic rings. The molecule has 0 aromatic rings. The van der Waals surface area contributed by atoms with Crippen LogP contribution in [-0.2, 0) is 4.74 Å². The molecule has 0 amide bonds. The van der Waals surface area contributed by atoms with Gasteiger partial charge in [-0.2, -0.15) is 0 Å². The molecule has 122 valence electrons. The Morgan fingerprint density at radius 1 is 1.00 bits per heavy atom. The molecular formula is C19H35NO. The molecular weight excluding hydrogens is 258 g/mol. The molecule has 1 N–H and O–H groups in total. The lowest BCUT2D eigenvalue weighted by molar-refractivity contribution is 0.114. The van der Waals surface area contributed by atoms with Gasteiger partial charge < -0.3 is 4.74 Å². The molecule has 0 atom stereocenters. The van der Waals surface area contributed by atoms with E-state index in [0.717, 1.165) is 11.8 Å². The first-order valence-electron chi connectivity index (χ1n) is 9.43. The van der Waals surface area contributed by atoms with E-state index in [1.165, 1.54) is 77.0 Å². The summed E-state index contributed by atoms with van der Waals surface area (Å²) < 4.78 is 5.65. The Hall–Kier alpha value is -0.530. The van der Waals surface area contributed by atoms with Crippen LogP contribution in [0.25, 0.3) is 0 Å². The van der Waals surface area contributed by atoms with Gasteiger partial charge in [-0.1, -0.05) is 51.9 Å². The second-order valence-corrected chi connectivity index (χ2v) is 7.38. The minimum absolute atomic E-state index is 0.0805. The van der Waals surface area contributed by atoms with E-state index < -0.39 is 0 Å². The summed E-state index contributed by atoms with van der Waals surface area (Å²) in [6.07, 6.45) is 16.0. The van der Waals surface area contributed by atoms with Gasteiger partial charge in [-0.3, -0.25) is 5.41 Å². The van der Waals surface area contributed by atoms with Crippen LogP contribution in [0.1, 0.15) is 90.9 Å². The van der Waals surface area contributed by atoms with Crippen molar-refractivity contribution in [1.29, 1.82) is 5.41 Å². The molecule has 2 fully saturated rings. The third-order valence-electron chi connectivity index (χ3n) is 6.08. The molecule has 0 aliphatic heterocycles. The molecule has 0 aromatic carbocycles. The topological polar surface area (TPSA) is 33.1 Å². The number of rotatable bonds is 6. The zero-order chi connectivity index (χ0) is 15.1. The fourth-order valence-electron chi connectivity index (χ4n) is 4.67. The summed E-state index contributed by atoms with van der Waals surface area (Å²) >= 11 is 0. The molecule has 0 unspecified atom stereocenters. The van der Waals surface area contributed by atoms with Gasteiger partial charge in [-0.25, -0.2) is 0 Å². The van der Waals surface area contributed by atoms with E-state index in [4.69, 9.17) is 10.1 Å². The molecule has 0 bridgehead atoms. The van der Waals surface area contributed by atoms with Gasteiger partial charge in [0.1, 0.15) is 0 Å². The molecule has 2 heteroatoms. The maximum atomic E-state index is 8.40. The van der Waals surface area contributed by atoms with Crippen molar-refractivity contribution in [3.05, 3.63) is 0 Å². The van der Waals surface area contributed by atoms with Crippen molar-refractivity contribution in [3.8, 4) is 0 Å². The van der Waals surface area contributed by atoms with Crippen LogP contribution in [0.2, 0.25) is 0 Å². The van der Waals surface area contributed by atoms with Gasteiger partial charge in [0, 0.05) is 5.41 Å². The predicted molar refractivity (Wildman–Crippen MR) is 89.8 cm³/mol. The maximum absolute atomic E-state index is 8.40. The number of hydrogen-bond acceptors (Lipinski definition) is 2. The first-order chi connectivity index (χ1) is 10.2. The Morgan fingerprint density at radius 2 is 1.62 bits per heavy atom. The van der Waals surface area contributed by atoms with E-state index in [2.05, 4.69) is 6.92 Å². The zero-order valence-corrected chi connectivity index (χ0v) is 14.3. The summed E-state index contributed by atoms with van der Waals surface area (Å²) in [5, 5.41) is 8.40. The first kappa shape index (κ1) is 16.8. The summed E-state index contributed by atoms with van der Waals surface area (Å²) in [7, 11) is 0. The summed E-state index contributed by atoms with van der Waals surface area (Å²) in [4.78, 5) is 0. The fraction of sp³-hybridized carbons (Fsp3) is 0.947. The highest BCUT2D eigenvalue weighted by molar-refractivity contribution is 5.79. The Labute approximate surface area is 131 Å². The first-order valence-corrected chi connectivity index (χ1v) is 9.43. The molecule has 21 heavy (non-hydrogen) atoms. The van der Waals surface area contributed by atoms with Crippen LogP contribution in [0.3, 0.4) is 0 Å². The standard InChI is InChI=1S/C19H35NO/c1-3-5-13-19(18(20)21-4-2)14-11-17(12-15-19)16-9-7-6-8-10-16/h16-17,20H,3-15H2,1-2H3. The number of unbranched alkanes of at least 4 members (excludes halogenated alkanes) is 1. The largest absolute Gasteiger partial charge is 0.481 e. The van der Waals surface area contributed by atoms with Gasteiger partial charge >= 0.3 is 0 Å². The van der Waals surface area contributed by atoms with E-state index in [-0.39, 0.29) is 5.41 Å². The second kappa shape index (κ2) is 8.19. The Kier molecular flexibility index (Phi) is 6.57. The fourth-order valence-corrected chi connectivity index (χ4v) is 4.67. The van der Waals surface area contributed by atoms with Crippen LogP contribution >= 0.6 is 0 Å². The van der Waals surface area contributed by atoms with Crippen molar-refractivity contribution in [3.63, 3.8) is 0 Å². The van der Waals surface area contributed by atoms with Crippen LogP contribution in [0.15, 0.2) is 0 Å². The van der Waals surface area contributed by atoms with Crippen molar-refractivity contribution >= 4 is 5.90 Å². The SMILES string of the molecule is CCCCC1(C(=N)OCC)CCC(C2CCCCC2)CC1. The van der Waals surface area contributed by atoms with E-state index in [1.54, 1.807) is 0 Å². The van der Waals surface area contributed by atoms with E-state index >= 15 is 0 Å². The Balaban J connectivity index is 1.93. The van der Waals surface area contributed by atoms with Gasteiger partial charge in [-0.15, -0.1) is 0 Å². The van der Waals surface area contributed by atoms with E-state index in [0.29, 0.717) is 12.5 Å². The summed E-state index contributed by atoms with van der Waals surface area (Å²) in [5.41, 5.74) is 0.0805. The van der Waals surface area contributed by atoms with Gasteiger partial charge in [0.25, 0.3) is 0 Å². The second-order valence-electron chi connectivity index (χ2n) is 7.38. The van der Waals surface area contributed by atoms with Gasteiger partial charge in [0.05, 0.1) is 6.61 Å². The molecule has 2 aliphatic carbocycles. The lowest BCUT2D eigenvalue weighted by Crippen LogP contribution is -2.38. The smallest absolute Gasteiger partial charge is 0.186 e. The van der Waals surface area contributed by atoms with Crippen LogP contribution in [0.4, 0.5) is 0 Å². The molecule has 2 nitrogen and oxygen atoms in total. The van der Waals surface area contributed by atoms with Crippen LogP contribution < -0.4 is 0 Å². The third kappa shape index (κ3) is 4.23. The summed E-state index contributed by atoms with van der Waals surface area (Å²) in [6.45, 7) is 4.92. The summed E-state index contributed by atoms with van der Waals surface area (Å²) in [5.74, 6) is 2.53. The monoisotopic (exact) mass is 293 g/mol. The molecule has 0 saturated heterocycles. The minimum atomic E-state index is 0.0805. The molecule has 0 spiro atoms. The lowest BCUT2D eigenvalue weighted by atomic mass is 9.63. The van der Waals surface area contributed by atoms with E-state index in [9.17, 15) is 0 Å². The van der Waals surface area contributed by atoms with Gasteiger partial charge in [-0.05, 0) is 50.9 Å². The molecule has 0 aromatic heterocycles. The normalized spacial score (nSPS) is 31.0. The average Bonchev–Trinajstić information content (AvgIpc) is 2.54. The highest BCUT2D eigenvalue weighted by Crippen LogP contribution is 2.48. The van der Waals surface area contributed by atoms with Crippen molar-refractivity contribution in [2.24, 2.45) is 17.3 Å². The zero-order valence-electron chi connectivity index (χ0n) is 14.3. The molecule has 0 heterocycles. The lowest BCUT2D eigenvalue weighted by Gasteiger charge is -2.43. The minimum Gasteiger partial charge on any atom is -0.481 e. The van der Waals surface area contributed by atoms with Crippen molar-refractivity contribution in [1.82, 2.24) is 0 Å². The van der Waals surface area contributed by atoms with Crippen molar-refractivity contribution < 1.29 is 4.74 Å². The van der Waals surface area contributed by atoms with Gasteiger partial charge in [0.15, 0.2) is 5.90 Å². The maximum Gasteiger partial charge on any atom is 0.186 e. The number of nitrogens with one attached hydrogen (secondary N) is 1. The Bertz CT molecular complexity index is 312. The Morgan fingerprint density at radius 3 is 2.19 bits per heavy atom. The van der Waals surface area contributed by atoms with Crippen LogP contribution in [-0.4, -0.2) is 12.5 Å².